The number of aliphatic hydroxyl groups excluding tert-OH is 1. The Hall–Kier alpha value is -2.22. The second-order valence-corrected chi connectivity index (χ2v) is 7.87. The third-order valence-electron chi connectivity index (χ3n) is 5.90. The van der Waals surface area contributed by atoms with E-state index in [1.54, 1.807) is 4.90 Å². The number of anilines is 1. The summed E-state index contributed by atoms with van der Waals surface area (Å²) in [5, 5.41) is 9.22. The topological polar surface area (TPSA) is 113 Å². The Morgan fingerprint density at radius 2 is 1.93 bits per heavy atom. The Bertz CT molecular complexity index is 715. The third kappa shape index (κ3) is 4.21. The number of carbonyl (C=O) groups excluding carboxylic acids is 2. The maximum Gasteiger partial charge on any atom is 0.227 e. The summed E-state index contributed by atoms with van der Waals surface area (Å²) in [5.74, 6) is 0.400. The van der Waals surface area contributed by atoms with Gasteiger partial charge in [-0.1, -0.05) is 0 Å². The van der Waals surface area contributed by atoms with Gasteiger partial charge in [0.15, 0.2) is 0 Å². The van der Waals surface area contributed by atoms with E-state index in [9.17, 15) is 14.7 Å². The lowest BCUT2D eigenvalue weighted by molar-refractivity contribution is -0.143. The highest BCUT2D eigenvalue weighted by atomic mass is 16.3. The average molecular weight is 375 g/mol. The van der Waals surface area contributed by atoms with E-state index in [0.29, 0.717) is 26.1 Å². The van der Waals surface area contributed by atoms with Crippen LogP contribution in [0.5, 0.6) is 0 Å². The van der Waals surface area contributed by atoms with Crippen molar-refractivity contribution < 1.29 is 14.7 Å². The van der Waals surface area contributed by atoms with E-state index >= 15 is 0 Å². The Labute approximate surface area is 159 Å². The summed E-state index contributed by atoms with van der Waals surface area (Å²) in [7, 11) is 0. The predicted octanol–water partition coefficient (Wildman–Crippen LogP) is 0.442. The van der Waals surface area contributed by atoms with Gasteiger partial charge in [0.2, 0.25) is 17.8 Å². The molecular formula is C19H29N5O3. The molecule has 1 atom stereocenters. The number of aliphatic hydroxyl groups is 1. The summed E-state index contributed by atoms with van der Waals surface area (Å²) in [6.07, 6.45) is 3.51. The first-order valence-corrected chi connectivity index (χ1v) is 9.59. The number of hydrogen-bond acceptors (Lipinski definition) is 6. The molecule has 2 saturated heterocycles. The SMILES string of the molecule is Cc1nc(N)nc(C)c1CC(=O)N1CCCC2(CCC(=O)N(CCO)C2)C1. The summed E-state index contributed by atoms with van der Waals surface area (Å²) in [4.78, 5) is 37.1. The third-order valence-corrected chi connectivity index (χ3v) is 5.90. The number of nitrogens with zero attached hydrogens (tertiary/aromatic N) is 4. The van der Waals surface area contributed by atoms with Crippen LogP contribution >= 0.6 is 0 Å². The van der Waals surface area contributed by atoms with Gasteiger partial charge in [-0.3, -0.25) is 9.59 Å². The molecule has 27 heavy (non-hydrogen) atoms. The maximum absolute atomic E-state index is 13.0. The zero-order valence-corrected chi connectivity index (χ0v) is 16.2. The number of aromatic nitrogens is 2. The summed E-state index contributed by atoms with van der Waals surface area (Å²) >= 11 is 0. The van der Waals surface area contributed by atoms with Gasteiger partial charge in [-0.05, 0) is 33.1 Å². The second-order valence-electron chi connectivity index (χ2n) is 7.87. The minimum absolute atomic E-state index is 0.0276. The van der Waals surface area contributed by atoms with Gasteiger partial charge in [0.25, 0.3) is 0 Å². The van der Waals surface area contributed by atoms with E-state index in [0.717, 1.165) is 42.8 Å². The number of aryl methyl sites for hydroxylation is 2. The predicted molar refractivity (Wildman–Crippen MR) is 101 cm³/mol. The molecule has 0 saturated carbocycles. The number of nitrogen functional groups attached to an aromatic ring is 1. The molecule has 2 amide bonds. The lowest BCUT2D eigenvalue weighted by atomic mass is 9.73. The smallest absolute Gasteiger partial charge is 0.227 e. The number of carbonyl (C=O) groups is 2. The quantitative estimate of drug-likeness (QED) is 0.790. The highest BCUT2D eigenvalue weighted by Crippen LogP contribution is 2.39. The van der Waals surface area contributed by atoms with Crippen LogP contribution < -0.4 is 5.73 Å². The van der Waals surface area contributed by atoms with Gasteiger partial charge in [0.1, 0.15) is 0 Å². The molecular weight excluding hydrogens is 346 g/mol. The highest BCUT2D eigenvalue weighted by molar-refractivity contribution is 5.80. The van der Waals surface area contributed by atoms with Crippen LogP contribution in [-0.4, -0.2) is 69.5 Å². The van der Waals surface area contributed by atoms with E-state index in [-0.39, 0.29) is 36.2 Å². The molecule has 1 unspecified atom stereocenters. The largest absolute Gasteiger partial charge is 0.395 e. The van der Waals surface area contributed by atoms with Gasteiger partial charge in [-0.2, -0.15) is 0 Å². The van der Waals surface area contributed by atoms with Crippen LogP contribution in [0.25, 0.3) is 0 Å². The van der Waals surface area contributed by atoms with Crippen molar-refractivity contribution in [3.63, 3.8) is 0 Å². The fourth-order valence-electron chi connectivity index (χ4n) is 4.46. The van der Waals surface area contributed by atoms with Crippen molar-refractivity contribution in [1.29, 1.82) is 0 Å². The van der Waals surface area contributed by atoms with Crippen LogP contribution in [0.15, 0.2) is 0 Å². The number of piperidine rings is 2. The second kappa shape index (κ2) is 7.80. The molecule has 3 heterocycles. The van der Waals surface area contributed by atoms with Gasteiger partial charge in [0, 0.05) is 55.0 Å². The number of rotatable bonds is 4. The minimum Gasteiger partial charge on any atom is -0.395 e. The van der Waals surface area contributed by atoms with E-state index < -0.39 is 0 Å². The first-order valence-electron chi connectivity index (χ1n) is 9.59. The van der Waals surface area contributed by atoms with E-state index in [1.807, 2.05) is 18.7 Å². The molecule has 3 N–H and O–H groups in total. The molecule has 2 aliphatic heterocycles. The van der Waals surface area contributed by atoms with E-state index in [2.05, 4.69) is 9.97 Å². The van der Waals surface area contributed by atoms with E-state index in [1.165, 1.54) is 0 Å². The minimum atomic E-state index is -0.0568. The van der Waals surface area contributed by atoms with Crippen LogP contribution in [-0.2, 0) is 16.0 Å². The zero-order chi connectivity index (χ0) is 19.6. The van der Waals surface area contributed by atoms with Crippen molar-refractivity contribution in [3.8, 4) is 0 Å². The van der Waals surface area contributed by atoms with E-state index in [4.69, 9.17) is 5.73 Å². The van der Waals surface area contributed by atoms with Crippen LogP contribution in [0.1, 0.15) is 42.6 Å². The molecule has 0 aromatic carbocycles. The van der Waals surface area contributed by atoms with Crippen molar-refractivity contribution in [3.05, 3.63) is 17.0 Å². The standard InChI is InChI=1S/C19H29N5O3/c1-13-15(14(2)22-18(20)21-13)10-17(27)23-7-3-5-19(11-23)6-4-16(26)24(12-19)8-9-25/h25H,3-12H2,1-2H3,(H2,20,21,22). The number of likely N-dealkylation sites (tertiary alicyclic amines) is 2. The molecule has 148 valence electrons. The maximum atomic E-state index is 13.0. The molecule has 8 heteroatoms. The molecule has 2 fully saturated rings. The molecule has 1 spiro atoms. The molecule has 0 radical (unpaired) electrons. The van der Waals surface area contributed by atoms with Gasteiger partial charge in [0.05, 0.1) is 13.0 Å². The molecule has 0 bridgehead atoms. The lowest BCUT2D eigenvalue weighted by Gasteiger charge is -2.48. The Morgan fingerprint density at radius 1 is 1.22 bits per heavy atom. The summed E-state index contributed by atoms with van der Waals surface area (Å²) in [6, 6.07) is 0. The number of nitrogens with two attached hydrogens (primary N) is 1. The van der Waals surface area contributed by atoms with Gasteiger partial charge >= 0.3 is 0 Å². The zero-order valence-electron chi connectivity index (χ0n) is 16.2. The number of β-amino-alcohol motifs (C(OH)–C–C–N with tert-alkyl or cyclic N) is 1. The fraction of sp³-hybridized carbons (Fsp3) is 0.684. The van der Waals surface area contributed by atoms with Gasteiger partial charge < -0.3 is 20.6 Å². The molecule has 1 aromatic rings. The van der Waals surface area contributed by atoms with Crippen molar-refractivity contribution in [1.82, 2.24) is 19.8 Å². The molecule has 1 aromatic heterocycles. The summed E-state index contributed by atoms with van der Waals surface area (Å²) in [6.45, 7) is 6.07. The normalized spacial score (nSPS) is 23.1. The molecule has 2 aliphatic rings. The van der Waals surface area contributed by atoms with Crippen molar-refractivity contribution in [2.24, 2.45) is 5.41 Å². The van der Waals surface area contributed by atoms with Crippen LogP contribution in [0.4, 0.5) is 5.95 Å². The van der Waals surface area contributed by atoms with Crippen molar-refractivity contribution >= 4 is 17.8 Å². The fourth-order valence-corrected chi connectivity index (χ4v) is 4.46. The molecule has 3 rings (SSSR count). The van der Waals surface area contributed by atoms with Crippen LogP contribution in [0, 0.1) is 19.3 Å². The summed E-state index contributed by atoms with van der Waals surface area (Å²) in [5.41, 5.74) is 7.96. The number of hydrogen-bond donors (Lipinski definition) is 2. The first-order chi connectivity index (χ1) is 12.8. The van der Waals surface area contributed by atoms with Crippen molar-refractivity contribution in [2.45, 2.75) is 46.0 Å². The molecule has 8 nitrogen and oxygen atoms in total. The average Bonchev–Trinajstić information content (AvgIpc) is 2.61. The summed E-state index contributed by atoms with van der Waals surface area (Å²) < 4.78 is 0. The monoisotopic (exact) mass is 375 g/mol. The first kappa shape index (κ1) is 19.5. The highest BCUT2D eigenvalue weighted by Gasteiger charge is 2.42. The van der Waals surface area contributed by atoms with Gasteiger partial charge in [-0.15, -0.1) is 0 Å². The van der Waals surface area contributed by atoms with Crippen molar-refractivity contribution in [2.75, 3.05) is 38.5 Å². The van der Waals surface area contributed by atoms with Crippen LogP contribution in [0.2, 0.25) is 0 Å². The Balaban J connectivity index is 1.71. The van der Waals surface area contributed by atoms with Gasteiger partial charge in [-0.25, -0.2) is 9.97 Å². The lowest BCUT2D eigenvalue weighted by Crippen LogP contribution is -2.55. The van der Waals surface area contributed by atoms with Crippen LogP contribution in [0.3, 0.4) is 0 Å². The number of amides is 2. The Morgan fingerprint density at radius 3 is 2.59 bits per heavy atom. The molecule has 0 aliphatic carbocycles. The Kier molecular flexibility index (Phi) is 5.64.